The summed E-state index contributed by atoms with van der Waals surface area (Å²) in [5.74, 6) is 0.0203. The van der Waals surface area contributed by atoms with E-state index in [0.717, 1.165) is 19.3 Å². The standard InChI is InChI=1S/C14H23N5O3S/c1-18(10-11(20)15-7-5-9-22-2)13-16-17-14(23-13)19-8-4-3-6-12(19)21/h3-10H2,1-2H3,(H,15,20). The molecule has 2 heterocycles. The van der Waals surface area contributed by atoms with Crippen LogP contribution in [0.3, 0.4) is 0 Å². The van der Waals surface area contributed by atoms with Gasteiger partial charge < -0.3 is 15.0 Å². The molecule has 0 spiro atoms. The van der Waals surface area contributed by atoms with Gasteiger partial charge in [-0.1, -0.05) is 11.3 Å². The summed E-state index contributed by atoms with van der Waals surface area (Å²) in [5, 5.41) is 12.2. The largest absolute Gasteiger partial charge is 0.385 e. The molecule has 0 radical (unpaired) electrons. The molecule has 0 aromatic carbocycles. The molecule has 128 valence electrons. The third kappa shape index (κ3) is 5.14. The third-order valence-corrected chi connectivity index (χ3v) is 4.57. The molecule has 8 nitrogen and oxygen atoms in total. The first-order valence-electron chi connectivity index (χ1n) is 7.72. The maximum absolute atomic E-state index is 11.9. The van der Waals surface area contributed by atoms with Crippen molar-refractivity contribution in [1.29, 1.82) is 0 Å². The second-order valence-electron chi connectivity index (χ2n) is 5.42. The minimum Gasteiger partial charge on any atom is -0.385 e. The zero-order valence-electron chi connectivity index (χ0n) is 13.6. The molecule has 0 saturated carbocycles. The Hall–Kier alpha value is -1.74. The fourth-order valence-electron chi connectivity index (χ4n) is 2.26. The number of amides is 2. The van der Waals surface area contributed by atoms with Gasteiger partial charge in [0.15, 0.2) is 0 Å². The monoisotopic (exact) mass is 341 g/mol. The lowest BCUT2D eigenvalue weighted by Crippen LogP contribution is -2.36. The molecule has 0 aliphatic carbocycles. The number of piperidine rings is 1. The number of methoxy groups -OCH3 is 1. The molecule has 1 aliphatic rings. The molecule has 1 N–H and O–H groups in total. The highest BCUT2D eigenvalue weighted by atomic mass is 32.1. The summed E-state index contributed by atoms with van der Waals surface area (Å²) in [6.07, 6.45) is 3.27. The Morgan fingerprint density at radius 2 is 2.26 bits per heavy atom. The minimum absolute atomic E-state index is 0.0746. The molecule has 1 aliphatic heterocycles. The van der Waals surface area contributed by atoms with Gasteiger partial charge in [-0.05, 0) is 19.3 Å². The molecule has 9 heteroatoms. The molecule has 0 atom stereocenters. The van der Waals surface area contributed by atoms with Crippen LogP contribution in [0.5, 0.6) is 0 Å². The number of aromatic nitrogens is 2. The smallest absolute Gasteiger partial charge is 0.239 e. The summed E-state index contributed by atoms with van der Waals surface area (Å²) in [6, 6.07) is 0. The van der Waals surface area contributed by atoms with Gasteiger partial charge in [-0.3, -0.25) is 14.5 Å². The van der Waals surface area contributed by atoms with Crippen LogP contribution in [0.4, 0.5) is 10.3 Å². The lowest BCUT2D eigenvalue weighted by molar-refractivity contribution is -0.120. The first-order valence-corrected chi connectivity index (χ1v) is 8.54. The number of hydrogen-bond acceptors (Lipinski definition) is 7. The summed E-state index contributed by atoms with van der Waals surface area (Å²) >= 11 is 1.33. The molecular weight excluding hydrogens is 318 g/mol. The van der Waals surface area contributed by atoms with Gasteiger partial charge in [0.05, 0.1) is 6.54 Å². The molecule has 1 aromatic heterocycles. The van der Waals surface area contributed by atoms with E-state index in [2.05, 4.69) is 15.5 Å². The maximum atomic E-state index is 11.9. The Morgan fingerprint density at radius 1 is 1.43 bits per heavy atom. The third-order valence-electron chi connectivity index (χ3n) is 3.51. The molecule has 0 unspecified atom stereocenters. The molecule has 1 fully saturated rings. The van der Waals surface area contributed by atoms with E-state index in [1.165, 1.54) is 11.3 Å². The number of nitrogens with zero attached hydrogens (tertiary/aromatic N) is 4. The summed E-state index contributed by atoms with van der Waals surface area (Å²) in [6.45, 7) is 2.11. The molecule has 1 aromatic rings. The van der Waals surface area contributed by atoms with Gasteiger partial charge in [0.2, 0.25) is 22.1 Å². The number of carbonyl (C=O) groups excluding carboxylic acids is 2. The first kappa shape index (κ1) is 17.6. The van der Waals surface area contributed by atoms with E-state index in [0.29, 0.717) is 36.4 Å². The normalized spacial score (nSPS) is 14.9. The molecule has 2 rings (SSSR count). The molecular formula is C14H23N5O3S. The predicted molar refractivity (Wildman–Crippen MR) is 88.9 cm³/mol. The van der Waals surface area contributed by atoms with Gasteiger partial charge in [-0.25, -0.2) is 0 Å². The van der Waals surface area contributed by atoms with Gasteiger partial charge in [0.1, 0.15) is 0 Å². The number of rotatable bonds is 8. The molecule has 2 amide bonds. The van der Waals surface area contributed by atoms with Gasteiger partial charge in [-0.15, -0.1) is 10.2 Å². The van der Waals surface area contributed by atoms with Crippen LogP contribution in [0.25, 0.3) is 0 Å². The number of ether oxygens (including phenoxy) is 1. The quantitative estimate of drug-likeness (QED) is 0.698. The SMILES string of the molecule is COCCCNC(=O)CN(C)c1nnc(N2CCCCC2=O)s1. The van der Waals surface area contributed by atoms with Crippen LogP contribution in [-0.4, -0.2) is 62.4 Å². The van der Waals surface area contributed by atoms with Crippen molar-refractivity contribution in [1.82, 2.24) is 15.5 Å². The van der Waals surface area contributed by atoms with E-state index in [-0.39, 0.29) is 18.4 Å². The first-order chi connectivity index (χ1) is 11.1. The summed E-state index contributed by atoms with van der Waals surface area (Å²) in [7, 11) is 3.42. The number of anilines is 2. The number of nitrogens with one attached hydrogen (secondary N) is 1. The summed E-state index contributed by atoms with van der Waals surface area (Å²) in [5.41, 5.74) is 0. The second kappa shape index (κ2) is 8.78. The average molecular weight is 341 g/mol. The second-order valence-corrected chi connectivity index (χ2v) is 6.36. The van der Waals surface area contributed by atoms with Crippen molar-refractivity contribution in [2.45, 2.75) is 25.7 Å². The zero-order chi connectivity index (χ0) is 16.7. The van der Waals surface area contributed by atoms with Gasteiger partial charge >= 0.3 is 0 Å². The number of likely N-dealkylation sites (N-methyl/N-ethyl adjacent to an activating group) is 1. The van der Waals surface area contributed by atoms with Crippen molar-refractivity contribution in [2.75, 3.05) is 50.2 Å². The number of hydrogen-bond donors (Lipinski definition) is 1. The van der Waals surface area contributed by atoms with Gasteiger partial charge in [0, 0.05) is 40.3 Å². The summed E-state index contributed by atoms with van der Waals surface area (Å²) < 4.78 is 4.93. The van der Waals surface area contributed by atoms with Crippen LogP contribution in [0.15, 0.2) is 0 Å². The average Bonchev–Trinajstić information content (AvgIpc) is 3.02. The van der Waals surface area contributed by atoms with E-state index in [9.17, 15) is 9.59 Å². The minimum atomic E-state index is -0.0746. The van der Waals surface area contributed by atoms with E-state index in [4.69, 9.17) is 4.74 Å². The Bertz CT molecular complexity index is 536. The molecule has 0 bridgehead atoms. The predicted octanol–water partition coefficient (Wildman–Crippen LogP) is 0.644. The number of carbonyl (C=O) groups is 2. The van der Waals surface area contributed by atoms with Crippen molar-refractivity contribution < 1.29 is 14.3 Å². The highest BCUT2D eigenvalue weighted by Crippen LogP contribution is 2.28. The lowest BCUT2D eigenvalue weighted by Gasteiger charge is -2.23. The zero-order valence-corrected chi connectivity index (χ0v) is 14.4. The van der Waals surface area contributed by atoms with Crippen LogP contribution in [0.1, 0.15) is 25.7 Å². The van der Waals surface area contributed by atoms with Crippen LogP contribution in [0, 0.1) is 0 Å². The Balaban J connectivity index is 1.84. The molecule has 23 heavy (non-hydrogen) atoms. The maximum Gasteiger partial charge on any atom is 0.239 e. The van der Waals surface area contributed by atoms with Crippen LogP contribution in [0.2, 0.25) is 0 Å². The topological polar surface area (TPSA) is 87.7 Å². The van der Waals surface area contributed by atoms with Crippen LogP contribution >= 0.6 is 11.3 Å². The van der Waals surface area contributed by atoms with E-state index < -0.39 is 0 Å². The van der Waals surface area contributed by atoms with E-state index in [1.807, 2.05) is 0 Å². The fourth-order valence-corrected chi connectivity index (χ4v) is 3.11. The Labute approximate surface area is 139 Å². The van der Waals surface area contributed by atoms with Crippen molar-refractivity contribution in [3.05, 3.63) is 0 Å². The van der Waals surface area contributed by atoms with Crippen molar-refractivity contribution >= 4 is 33.4 Å². The van der Waals surface area contributed by atoms with Crippen molar-refractivity contribution in [3.63, 3.8) is 0 Å². The van der Waals surface area contributed by atoms with Crippen LogP contribution < -0.4 is 15.1 Å². The van der Waals surface area contributed by atoms with Crippen molar-refractivity contribution in [2.24, 2.45) is 0 Å². The van der Waals surface area contributed by atoms with Crippen LogP contribution in [-0.2, 0) is 14.3 Å². The highest BCUT2D eigenvalue weighted by Gasteiger charge is 2.23. The highest BCUT2D eigenvalue weighted by molar-refractivity contribution is 7.19. The molecule has 1 saturated heterocycles. The van der Waals surface area contributed by atoms with Gasteiger partial charge in [-0.2, -0.15) is 0 Å². The summed E-state index contributed by atoms with van der Waals surface area (Å²) in [4.78, 5) is 27.2. The Morgan fingerprint density at radius 3 is 3.00 bits per heavy atom. The lowest BCUT2D eigenvalue weighted by atomic mass is 10.1. The Kier molecular flexibility index (Phi) is 6.72. The van der Waals surface area contributed by atoms with E-state index in [1.54, 1.807) is 24.0 Å². The van der Waals surface area contributed by atoms with Gasteiger partial charge in [0.25, 0.3) is 0 Å². The van der Waals surface area contributed by atoms with E-state index >= 15 is 0 Å². The fraction of sp³-hybridized carbons (Fsp3) is 0.714. The van der Waals surface area contributed by atoms with Crippen molar-refractivity contribution in [3.8, 4) is 0 Å².